The lowest BCUT2D eigenvalue weighted by Gasteiger charge is -2.11. The van der Waals surface area contributed by atoms with Gasteiger partial charge in [-0.1, -0.05) is 6.92 Å². The molecule has 0 aliphatic carbocycles. The van der Waals surface area contributed by atoms with E-state index in [1.165, 1.54) is 0 Å². The molecule has 0 fully saturated rings. The Hall–Kier alpha value is -1.75. The summed E-state index contributed by atoms with van der Waals surface area (Å²) in [4.78, 5) is 9.81. The van der Waals surface area contributed by atoms with Crippen LogP contribution in [0, 0.1) is 22.7 Å². The molecule has 17 heavy (non-hydrogen) atoms. The van der Waals surface area contributed by atoms with E-state index in [-0.39, 0.29) is 5.78 Å². The summed E-state index contributed by atoms with van der Waals surface area (Å²) < 4.78 is 0. The minimum Gasteiger partial charge on any atom is -0.300 e. The Bertz CT molecular complexity index is 328. The van der Waals surface area contributed by atoms with Gasteiger partial charge in [-0.3, -0.25) is 0 Å². The normalized spacial score (nSPS) is 11.1. The van der Waals surface area contributed by atoms with Crippen LogP contribution >= 0.6 is 0 Å². The molecule has 94 valence electrons. The molecule has 5 heteroatoms. The smallest absolute Gasteiger partial charge is 0.162 e. The first-order chi connectivity index (χ1) is 7.60. The third kappa shape index (κ3) is 12.2. The van der Waals surface area contributed by atoms with Gasteiger partial charge < -0.3 is 4.79 Å². The van der Waals surface area contributed by atoms with Gasteiger partial charge in [-0.15, -0.1) is 0 Å². The van der Waals surface area contributed by atoms with Crippen molar-refractivity contribution >= 4 is 5.78 Å². The largest absolute Gasteiger partial charge is 0.300 e. The third-order valence-electron chi connectivity index (χ3n) is 1.60. The molecule has 0 aromatic heterocycles. The van der Waals surface area contributed by atoms with Gasteiger partial charge in [-0.25, -0.2) is 0 Å². The zero-order valence-electron chi connectivity index (χ0n) is 11.4. The van der Waals surface area contributed by atoms with Crippen molar-refractivity contribution in [3.63, 3.8) is 0 Å². The predicted octanol–water partition coefficient (Wildman–Crippen LogP) is 3.03. The van der Waals surface area contributed by atoms with Crippen LogP contribution in [-0.4, -0.2) is 16.9 Å². The second kappa shape index (κ2) is 7.51. The van der Waals surface area contributed by atoms with Crippen LogP contribution in [0.25, 0.3) is 0 Å². The highest BCUT2D eigenvalue weighted by Crippen LogP contribution is 2.13. The highest BCUT2D eigenvalue weighted by atomic mass is 16.1. The molecule has 0 aromatic rings. The van der Waals surface area contributed by atoms with Crippen LogP contribution in [0.15, 0.2) is 10.2 Å². The standard InChI is InChI=1S/C8H12N4.C4H8O/c1-7(2,5-9)11-12-8(3,4)6-10;1-3-4(2)5/h1-4H3;3H2,1-2H3. The highest BCUT2D eigenvalue weighted by molar-refractivity contribution is 5.74. The molecule has 0 atom stereocenters. The number of ketones is 1. The summed E-state index contributed by atoms with van der Waals surface area (Å²) in [5.41, 5.74) is -1.68. The van der Waals surface area contributed by atoms with Gasteiger partial charge in [0.15, 0.2) is 11.1 Å². The fourth-order valence-electron chi connectivity index (χ4n) is 0.295. The van der Waals surface area contributed by atoms with Gasteiger partial charge >= 0.3 is 0 Å². The summed E-state index contributed by atoms with van der Waals surface area (Å²) in [6.45, 7) is 10.0. The lowest BCUT2D eigenvalue weighted by molar-refractivity contribution is -0.116. The van der Waals surface area contributed by atoms with Crippen molar-refractivity contribution in [1.82, 2.24) is 0 Å². The first kappa shape index (κ1) is 17.6. The zero-order valence-corrected chi connectivity index (χ0v) is 11.4. The maximum Gasteiger partial charge on any atom is 0.162 e. The van der Waals surface area contributed by atoms with E-state index in [1.54, 1.807) is 34.6 Å². The summed E-state index contributed by atoms with van der Waals surface area (Å²) in [6, 6.07) is 3.94. The Kier molecular flexibility index (Phi) is 7.79. The average Bonchev–Trinajstić information content (AvgIpc) is 2.27. The van der Waals surface area contributed by atoms with Gasteiger partial charge in [0.25, 0.3) is 0 Å². The molecule has 0 N–H and O–H groups in total. The number of carbonyl (C=O) groups excluding carboxylic acids is 1. The lowest BCUT2D eigenvalue weighted by atomic mass is 10.1. The number of azo groups is 1. The summed E-state index contributed by atoms with van der Waals surface area (Å²) in [5.74, 6) is 0.255. The van der Waals surface area contributed by atoms with E-state index in [2.05, 4.69) is 10.2 Å². The predicted molar refractivity (Wildman–Crippen MR) is 65.2 cm³/mol. The van der Waals surface area contributed by atoms with Gasteiger partial charge in [-0.05, 0) is 34.6 Å². The van der Waals surface area contributed by atoms with E-state index in [1.807, 2.05) is 19.1 Å². The molecule has 0 radical (unpaired) electrons. The summed E-state index contributed by atoms with van der Waals surface area (Å²) in [5, 5.41) is 24.7. The Morgan fingerprint density at radius 2 is 1.29 bits per heavy atom. The number of nitrogens with zero attached hydrogens (tertiary/aromatic N) is 4. The maximum atomic E-state index is 9.81. The molecule has 0 aromatic carbocycles. The van der Waals surface area contributed by atoms with Crippen LogP contribution in [-0.2, 0) is 4.79 Å². The summed E-state index contributed by atoms with van der Waals surface area (Å²) in [6.07, 6.45) is 0.667. The SMILES string of the molecule is CC(C)(C#N)N=NC(C)(C)C#N.CCC(C)=O. The second-order valence-corrected chi connectivity index (χ2v) is 4.60. The first-order valence-corrected chi connectivity index (χ1v) is 5.36. The van der Waals surface area contributed by atoms with Crippen LogP contribution in [0.4, 0.5) is 0 Å². The molecule has 0 unspecified atom stereocenters. The van der Waals surface area contributed by atoms with Crippen molar-refractivity contribution in [3.05, 3.63) is 0 Å². The number of hydrogen-bond acceptors (Lipinski definition) is 5. The fraction of sp³-hybridized carbons (Fsp3) is 0.750. The van der Waals surface area contributed by atoms with Crippen molar-refractivity contribution in [2.24, 2.45) is 10.2 Å². The molecular weight excluding hydrogens is 216 g/mol. The number of hydrogen-bond donors (Lipinski definition) is 0. The third-order valence-corrected chi connectivity index (χ3v) is 1.60. The molecule has 0 spiro atoms. The molecule has 0 bridgehead atoms. The van der Waals surface area contributed by atoms with Gasteiger partial charge in [-0.2, -0.15) is 20.8 Å². The van der Waals surface area contributed by atoms with Gasteiger partial charge in [0.1, 0.15) is 5.78 Å². The molecule has 0 aliphatic heterocycles. The van der Waals surface area contributed by atoms with Crippen LogP contribution in [0.3, 0.4) is 0 Å². The van der Waals surface area contributed by atoms with Crippen LogP contribution in [0.5, 0.6) is 0 Å². The summed E-state index contributed by atoms with van der Waals surface area (Å²) in [7, 11) is 0. The van der Waals surface area contributed by atoms with E-state index in [0.717, 1.165) is 0 Å². The molecule has 5 nitrogen and oxygen atoms in total. The van der Waals surface area contributed by atoms with Crippen LogP contribution in [0.2, 0.25) is 0 Å². The molecule has 0 heterocycles. The van der Waals surface area contributed by atoms with Gasteiger partial charge in [0, 0.05) is 6.42 Å². The van der Waals surface area contributed by atoms with E-state index in [0.29, 0.717) is 6.42 Å². The zero-order chi connectivity index (χ0) is 14.1. The van der Waals surface area contributed by atoms with E-state index in [4.69, 9.17) is 10.5 Å². The maximum absolute atomic E-state index is 9.81. The Morgan fingerprint density at radius 3 is 1.41 bits per heavy atom. The summed E-state index contributed by atoms with van der Waals surface area (Å²) >= 11 is 0. The first-order valence-electron chi connectivity index (χ1n) is 5.36. The van der Waals surface area contributed by atoms with Crippen molar-refractivity contribution in [2.45, 2.75) is 59.0 Å². The topological polar surface area (TPSA) is 89.4 Å². The number of carbonyl (C=O) groups is 1. The number of rotatable bonds is 3. The van der Waals surface area contributed by atoms with Gasteiger partial charge in [0.2, 0.25) is 0 Å². The lowest BCUT2D eigenvalue weighted by Crippen LogP contribution is -2.17. The Balaban J connectivity index is 0. The van der Waals surface area contributed by atoms with Crippen molar-refractivity contribution < 1.29 is 4.79 Å². The second-order valence-electron chi connectivity index (χ2n) is 4.60. The number of Topliss-reactive ketones (excluding diaryl/α,β-unsaturated/α-hetero) is 1. The minimum absolute atomic E-state index is 0.255. The van der Waals surface area contributed by atoms with Gasteiger partial charge in [0.05, 0.1) is 12.1 Å². The highest BCUT2D eigenvalue weighted by Gasteiger charge is 2.19. The van der Waals surface area contributed by atoms with Crippen molar-refractivity contribution in [1.29, 1.82) is 10.5 Å². The van der Waals surface area contributed by atoms with Crippen LogP contribution in [0.1, 0.15) is 48.0 Å². The number of nitriles is 2. The Labute approximate surface area is 103 Å². The molecule has 0 amide bonds. The quantitative estimate of drug-likeness (QED) is 0.705. The van der Waals surface area contributed by atoms with E-state index < -0.39 is 11.1 Å². The van der Waals surface area contributed by atoms with Crippen molar-refractivity contribution in [2.75, 3.05) is 0 Å². The van der Waals surface area contributed by atoms with Crippen molar-refractivity contribution in [3.8, 4) is 12.1 Å². The Morgan fingerprint density at radius 1 is 1.06 bits per heavy atom. The van der Waals surface area contributed by atoms with Crippen LogP contribution < -0.4 is 0 Å². The molecule has 0 rings (SSSR count). The molecular formula is C12H20N4O. The fourth-order valence-corrected chi connectivity index (χ4v) is 0.295. The molecule has 0 saturated carbocycles. The monoisotopic (exact) mass is 236 g/mol. The van der Waals surface area contributed by atoms with E-state index >= 15 is 0 Å². The molecule has 0 aliphatic rings. The molecule has 0 saturated heterocycles. The average molecular weight is 236 g/mol. The minimum atomic E-state index is -0.839. The van der Waals surface area contributed by atoms with E-state index in [9.17, 15) is 4.79 Å².